The van der Waals surface area contributed by atoms with Gasteiger partial charge in [0.05, 0.1) is 6.10 Å². The van der Waals surface area contributed by atoms with Crippen LogP contribution in [0.4, 0.5) is 5.82 Å². The Morgan fingerprint density at radius 2 is 2.39 bits per heavy atom. The van der Waals surface area contributed by atoms with Crippen molar-refractivity contribution in [1.82, 2.24) is 19.6 Å². The molecule has 96 valence electrons. The molecule has 2 aromatic rings. The molecule has 0 aromatic carbocycles. The molecule has 18 heavy (non-hydrogen) atoms. The Balaban J connectivity index is 1.78. The van der Waals surface area contributed by atoms with Gasteiger partial charge in [0.15, 0.2) is 5.82 Å². The van der Waals surface area contributed by atoms with Gasteiger partial charge in [0.1, 0.15) is 5.82 Å². The summed E-state index contributed by atoms with van der Waals surface area (Å²) < 4.78 is 7.49. The SMILES string of the molecule is Cc1nnc2c(NCC3CCOC3C)nccn12. The van der Waals surface area contributed by atoms with Crippen molar-refractivity contribution in [3.8, 4) is 0 Å². The minimum Gasteiger partial charge on any atom is -0.378 e. The van der Waals surface area contributed by atoms with Crippen LogP contribution in [0.2, 0.25) is 0 Å². The molecule has 6 heteroatoms. The van der Waals surface area contributed by atoms with Gasteiger partial charge in [-0.25, -0.2) is 4.98 Å². The largest absolute Gasteiger partial charge is 0.378 e. The van der Waals surface area contributed by atoms with Crippen molar-refractivity contribution in [3.05, 3.63) is 18.2 Å². The van der Waals surface area contributed by atoms with E-state index in [1.165, 1.54) is 0 Å². The summed E-state index contributed by atoms with van der Waals surface area (Å²) >= 11 is 0. The first-order valence-electron chi connectivity index (χ1n) is 6.27. The van der Waals surface area contributed by atoms with Crippen molar-refractivity contribution < 1.29 is 4.74 Å². The lowest BCUT2D eigenvalue weighted by Crippen LogP contribution is -2.21. The van der Waals surface area contributed by atoms with Gasteiger partial charge in [-0.3, -0.25) is 4.40 Å². The molecule has 3 heterocycles. The van der Waals surface area contributed by atoms with Crippen LogP contribution in [0.25, 0.3) is 5.65 Å². The van der Waals surface area contributed by atoms with Crippen molar-refractivity contribution in [2.75, 3.05) is 18.5 Å². The van der Waals surface area contributed by atoms with E-state index in [1.54, 1.807) is 6.20 Å². The van der Waals surface area contributed by atoms with Gasteiger partial charge in [-0.05, 0) is 20.3 Å². The van der Waals surface area contributed by atoms with E-state index >= 15 is 0 Å². The molecule has 1 aliphatic rings. The van der Waals surface area contributed by atoms with Crippen LogP contribution in [0.15, 0.2) is 12.4 Å². The van der Waals surface area contributed by atoms with E-state index in [-0.39, 0.29) is 0 Å². The molecule has 2 atom stereocenters. The fourth-order valence-corrected chi connectivity index (χ4v) is 2.34. The first kappa shape index (κ1) is 11.4. The maximum Gasteiger partial charge on any atom is 0.203 e. The van der Waals surface area contributed by atoms with Gasteiger partial charge in [-0.15, -0.1) is 10.2 Å². The summed E-state index contributed by atoms with van der Waals surface area (Å²) in [6.45, 7) is 5.76. The Bertz CT molecular complexity index is 552. The fraction of sp³-hybridized carbons (Fsp3) is 0.583. The van der Waals surface area contributed by atoms with Crippen LogP contribution in [0.1, 0.15) is 19.2 Å². The molecular formula is C12H17N5O. The Hall–Kier alpha value is -1.69. The summed E-state index contributed by atoms with van der Waals surface area (Å²) in [5.74, 6) is 2.20. The number of nitrogens with zero attached hydrogens (tertiary/aromatic N) is 4. The number of hydrogen-bond acceptors (Lipinski definition) is 5. The second-order valence-corrected chi connectivity index (χ2v) is 4.72. The zero-order valence-corrected chi connectivity index (χ0v) is 10.6. The third-order valence-corrected chi connectivity index (χ3v) is 3.56. The lowest BCUT2D eigenvalue weighted by atomic mass is 10.0. The Kier molecular flexibility index (Phi) is 2.87. The lowest BCUT2D eigenvalue weighted by Gasteiger charge is -2.15. The van der Waals surface area contributed by atoms with Crippen LogP contribution >= 0.6 is 0 Å². The Morgan fingerprint density at radius 1 is 1.50 bits per heavy atom. The highest BCUT2D eigenvalue weighted by Gasteiger charge is 2.24. The van der Waals surface area contributed by atoms with Crippen LogP contribution in [0.3, 0.4) is 0 Å². The van der Waals surface area contributed by atoms with Crippen molar-refractivity contribution in [2.45, 2.75) is 26.4 Å². The van der Waals surface area contributed by atoms with Crippen LogP contribution in [-0.4, -0.2) is 38.8 Å². The number of aryl methyl sites for hydroxylation is 1. The molecule has 0 bridgehead atoms. The van der Waals surface area contributed by atoms with Crippen LogP contribution in [0.5, 0.6) is 0 Å². The molecule has 1 N–H and O–H groups in total. The number of rotatable bonds is 3. The van der Waals surface area contributed by atoms with Gasteiger partial charge < -0.3 is 10.1 Å². The average Bonchev–Trinajstić information content (AvgIpc) is 2.95. The zero-order chi connectivity index (χ0) is 12.5. The standard InChI is InChI=1S/C12H17N5O/c1-8-10(3-6-18-8)7-14-11-12-16-15-9(2)17(12)5-4-13-11/h4-5,8,10H,3,6-7H2,1-2H3,(H,13,14). The molecular weight excluding hydrogens is 230 g/mol. The Morgan fingerprint density at radius 3 is 3.17 bits per heavy atom. The summed E-state index contributed by atoms with van der Waals surface area (Å²) in [6, 6.07) is 0. The highest BCUT2D eigenvalue weighted by Crippen LogP contribution is 2.21. The van der Waals surface area contributed by atoms with E-state index in [0.717, 1.165) is 36.9 Å². The first-order valence-corrected chi connectivity index (χ1v) is 6.27. The summed E-state index contributed by atoms with van der Waals surface area (Å²) in [5.41, 5.74) is 0.779. The molecule has 2 unspecified atom stereocenters. The molecule has 3 rings (SSSR count). The van der Waals surface area contributed by atoms with Gasteiger partial charge in [0.2, 0.25) is 5.65 Å². The molecule has 0 saturated carbocycles. The maximum atomic E-state index is 5.55. The molecule has 0 aliphatic carbocycles. The normalized spacial score (nSPS) is 23.7. The van der Waals surface area contributed by atoms with Gasteiger partial charge >= 0.3 is 0 Å². The molecule has 0 amide bonds. The smallest absolute Gasteiger partial charge is 0.203 e. The molecule has 6 nitrogen and oxygen atoms in total. The minimum atomic E-state index is 0.317. The molecule has 2 aromatic heterocycles. The molecule has 1 saturated heterocycles. The highest BCUT2D eigenvalue weighted by atomic mass is 16.5. The monoisotopic (exact) mass is 247 g/mol. The van der Waals surface area contributed by atoms with E-state index in [4.69, 9.17) is 4.74 Å². The van der Waals surface area contributed by atoms with E-state index in [2.05, 4.69) is 27.4 Å². The third kappa shape index (κ3) is 1.92. The third-order valence-electron chi connectivity index (χ3n) is 3.56. The number of fused-ring (bicyclic) bond motifs is 1. The van der Waals surface area contributed by atoms with Gasteiger partial charge in [0, 0.05) is 31.5 Å². The predicted molar refractivity (Wildman–Crippen MR) is 67.5 cm³/mol. The fourth-order valence-electron chi connectivity index (χ4n) is 2.34. The number of hydrogen-bond donors (Lipinski definition) is 1. The highest BCUT2D eigenvalue weighted by molar-refractivity contribution is 5.61. The molecule has 0 spiro atoms. The lowest BCUT2D eigenvalue weighted by molar-refractivity contribution is 0.108. The molecule has 1 fully saturated rings. The quantitative estimate of drug-likeness (QED) is 0.884. The van der Waals surface area contributed by atoms with Crippen molar-refractivity contribution >= 4 is 11.5 Å². The number of anilines is 1. The molecule has 0 radical (unpaired) electrons. The second kappa shape index (κ2) is 4.53. The first-order chi connectivity index (χ1) is 8.75. The van der Waals surface area contributed by atoms with Crippen molar-refractivity contribution in [3.63, 3.8) is 0 Å². The predicted octanol–water partition coefficient (Wildman–Crippen LogP) is 1.27. The summed E-state index contributed by atoms with van der Waals surface area (Å²) in [7, 11) is 0. The Labute approximate surface area is 105 Å². The van der Waals surface area contributed by atoms with Crippen LogP contribution in [-0.2, 0) is 4.74 Å². The van der Waals surface area contributed by atoms with Gasteiger partial charge in [0.25, 0.3) is 0 Å². The maximum absolute atomic E-state index is 5.55. The second-order valence-electron chi connectivity index (χ2n) is 4.72. The summed E-state index contributed by atoms with van der Waals surface area (Å²) in [6.07, 6.45) is 5.05. The number of aromatic nitrogens is 4. The molecule has 1 aliphatic heterocycles. The van der Waals surface area contributed by atoms with Crippen molar-refractivity contribution in [2.24, 2.45) is 5.92 Å². The number of ether oxygens (including phenoxy) is 1. The van der Waals surface area contributed by atoms with E-state index in [9.17, 15) is 0 Å². The average molecular weight is 247 g/mol. The van der Waals surface area contributed by atoms with E-state index < -0.39 is 0 Å². The zero-order valence-electron chi connectivity index (χ0n) is 10.6. The number of nitrogens with one attached hydrogen (secondary N) is 1. The topological polar surface area (TPSA) is 64.3 Å². The van der Waals surface area contributed by atoms with Gasteiger partial charge in [-0.2, -0.15) is 0 Å². The van der Waals surface area contributed by atoms with Gasteiger partial charge in [-0.1, -0.05) is 0 Å². The summed E-state index contributed by atoms with van der Waals surface area (Å²) in [4.78, 5) is 4.33. The summed E-state index contributed by atoms with van der Waals surface area (Å²) in [5, 5.41) is 11.6. The van der Waals surface area contributed by atoms with E-state index in [1.807, 2.05) is 17.5 Å². The van der Waals surface area contributed by atoms with E-state index in [0.29, 0.717) is 12.0 Å². The van der Waals surface area contributed by atoms with Crippen molar-refractivity contribution in [1.29, 1.82) is 0 Å². The van der Waals surface area contributed by atoms with Crippen LogP contribution in [0, 0.1) is 12.8 Å². The van der Waals surface area contributed by atoms with Crippen LogP contribution < -0.4 is 5.32 Å². The minimum absolute atomic E-state index is 0.317.